The molecule has 0 aliphatic heterocycles. The molecule has 0 radical (unpaired) electrons. The van der Waals surface area contributed by atoms with Gasteiger partial charge < -0.3 is 5.11 Å². The van der Waals surface area contributed by atoms with Gasteiger partial charge in [-0.2, -0.15) is 0 Å². The van der Waals surface area contributed by atoms with Crippen molar-refractivity contribution in [3.05, 3.63) is 83.9 Å². The molecule has 0 bridgehead atoms. The van der Waals surface area contributed by atoms with Gasteiger partial charge in [0.05, 0.1) is 0 Å². The maximum Gasteiger partial charge on any atom is 0.126 e. The summed E-state index contributed by atoms with van der Waals surface area (Å²) in [5.74, 6) is 0.423. The van der Waals surface area contributed by atoms with Gasteiger partial charge in [0.25, 0.3) is 0 Å². The SMILES string of the molecule is Cc1cc(C(C)(C)C)cc(P(c2ccccc2)c2ccccc2)c1O. The highest BCUT2D eigenvalue weighted by Gasteiger charge is 2.24. The number of aryl methyl sites for hydroxylation is 1. The molecule has 0 aliphatic carbocycles. The number of benzene rings is 3. The van der Waals surface area contributed by atoms with Crippen molar-refractivity contribution >= 4 is 23.8 Å². The highest BCUT2D eigenvalue weighted by molar-refractivity contribution is 7.80. The molecule has 3 rings (SSSR count). The van der Waals surface area contributed by atoms with Crippen LogP contribution in [0.4, 0.5) is 0 Å². The minimum Gasteiger partial charge on any atom is -0.507 e. The molecule has 0 aliphatic rings. The summed E-state index contributed by atoms with van der Waals surface area (Å²) in [7, 11) is -0.796. The first-order chi connectivity index (χ1) is 11.9. The van der Waals surface area contributed by atoms with Crippen molar-refractivity contribution in [2.75, 3.05) is 0 Å². The lowest BCUT2D eigenvalue weighted by molar-refractivity contribution is 0.474. The smallest absolute Gasteiger partial charge is 0.126 e. The lowest BCUT2D eigenvalue weighted by atomic mass is 9.86. The van der Waals surface area contributed by atoms with E-state index < -0.39 is 7.92 Å². The van der Waals surface area contributed by atoms with Crippen LogP contribution in [-0.4, -0.2) is 5.11 Å². The van der Waals surface area contributed by atoms with Crippen LogP contribution >= 0.6 is 7.92 Å². The summed E-state index contributed by atoms with van der Waals surface area (Å²) >= 11 is 0. The summed E-state index contributed by atoms with van der Waals surface area (Å²) in [6.07, 6.45) is 0. The molecule has 0 amide bonds. The van der Waals surface area contributed by atoms with Crippen molar-refractivity contribution < 1.29 is 5.11 Å². The van der Waals surface area contributed by atoms with Crippen molar-refractivity contribution in [1.82, 2.24) is 0 Å². The first-order valence-electron chi connectivity index (χ1n) is 8.62. The van der Waals surface area contributed by atoms with Gasteiger partial charge in [0.2, 0.25) is 0 Å². The van der Waals surface area contributed by atoms with Gasteiger partial charge in [-0.05, 0) is 48.1 Å². The van der Waals surface area contributed by atoms with E-state index in [4.69, 9.17) is 0 Å². The van der Waals surface area contributed by atoms with Crippen LogP contribution in [0.1, 0.15) is 31.9 Å². The third kappa shape index (κ3) is 3.78. The normalized spacial score (nSPS) is 11.7. The minimum absolute atomic E-state index is 0.0432. The summed E-state index contributed by atoms with van der Waals surface area (Å²) in [4.78, 5) is 0. The van der Waals surface area contributed by atoms with Crippen molar-refractivity contribution in [2.45, 2.75) is 33.1 Å². The van der Waals surface area contributed by atoms with Gasteiger partial charge in [0.1, 0.15) is 5.75 Å². The predicted octanol–water partition coefficient (Wildman–Crippen LogP) is 4.76. The zero-order valence-corrected chi connectivity index (χ0v) is 16.2. The lowest BCUT2D eigenvalue weighted by Crippen LogP contribution is -2.23. The minimum atomic E-state index is -0.796. The van der Waals surface area contributed by atoms with E-state index in [2.05, 4.69) is 81.4 Å². The zero-order valence-electron chi connectivity index (χ0n) is 15.3. The van der Waals surface area contributed by atoms with Gasteiger partial charge in [-0.15, -0.1) is 0 Å². The van der Waals surface area contributed by atoms with Crippen LogP contribution in [0, 0.1) is 6.92 Å². The molecule has 0 aromatic heterocycles. The molecule has 0 saturated carbocycles. The third-order valence-corrected chi connectivity index (χ3v) is 6.87. The average molecular weight is 348 g/mol. The number of hydrogen-bond acceptors (Lipinski definition) is 1. The Morgan fingerprint density at radius 3 is 1.68 bits per heavy atom. The fourth-order valence-corrected chi connectivity index (χ4v) is 5.40. The van der Waals surface area contributed by atoms with E-state index in [0.29, 0.717) is 5.75 Å². The average Bonchev–Trinajstić information content (AvgIpc) is 2.60. The standard InChI is InChI=1S/C23H25OP/c1-17-15-18(23(2,3)4)16-21(22(17)24)25(19-11-7-5-8-12-19)20-13-9-6-10-14-20/h5-16,24H,1-4H3. The van der Waals surface area contributed by atoms with E-state index in [0.717, 1.165) is 10.9 Å². The van der Waals surface area contributed by atoms with Gasteiger partial charge in [-0.25, -0.2) is 0 Å². The Bertz CT molecular complexity index is 809. The van der Waals surface area contributed by atoms with Gasteiger partial charge in [0.15, 0.2) is 0 Å². The molecule has 0 fully saturated rings. The van der Waals surface area contributed by atoms with Crippen molar-refractivity contribution in [1.29, 1.82) is 0 Å². The van der Waals surface area contributed by atoms with E-state index in [1.54, 1.807) is 0 Å². The molecule has 25 heavy (non-hydrogen) atoms. The van der Waals surface area contributed by atoms with Crippen LogP contribution in [0.15, 0.2) is 72.8 Å². The molecule has 0 atom stereocenters. The fourth-order valence-electron chi connectivity index (χ4n) is 2.95. The highest BCUT2D eigenvalue weighted by Crippen LogP contribution is 2.39. The molecule has 0 unspecified atom stereocenters. The number of hydrogen-bond donors (Lipinski definition) is 1. The summed E-state index contributed by atoms with van der Waals surface area (Å²) in [6.45, 7) is 8.65. The quantitative estimate of drug-likeness (QED) is 0.677. The summed E-state index contributed by atoms with van der Waals surface area (Å²) in [6, 6.07) is 25.4. The van der Waals surface area contributed by atoms with E-state index in [1.165, 1.54) is 16.2 Å². The molecule has 1 N–H and O–H groups in total. The molecule has 128 valence electrons. The van der Waals surface area contributed by atoms with E-state index >= 15 is 0 Å². The molecular weight excluding hydrogens is 323 g/mol. The Hall–Kier alpha value is -2.11. The van der Waals surface area contributed by atoms with Crippen LogP contribution in [0.5, 0.6) is 5.75 Å². The molecule has 3 aromatic carbocycles. The lowest BCUT2D eigenvalue weighted by Gasteiger charge is -2.26. The summed E-state index contributed by atoms with van der Waals surface area (Å²) < 4.78 is 0. The Balaban J connectivity index is 2.26. The molecule has 0 saturated heterocycles. The molecule has 3 aromatic rings. The topological polar surface area (TPSA) is 20.2 Å². The molecular formula is C23H25OP. The Morgan fingerprint density at radius 1 is 0.760 bits per heavy atom. The Morgan fingerprint density at radius 2 is 1.24 bits per heavy atom. The molecule has 0 heterocycles. The fraction of sp³-hybridized carbons (Fsp3) is 0.217. The van der Waals surface area contributed by atoms with Crippen LogP contribution in [-0.2, 0) is 5.41 Å². The number of aromatic hydroxyl groups is 1. The second kappa shape index (κ2) is 7.02. The number of phenolic OH excluding ortho intramolecular Hbond substituents is 1. The van der Waals surface area contributed by atoms with E-state index in [-0.39, 0.29) is 5.41 Å². The number of phenols is 1. The zero-order chi connectivity index (χ0) is 18.0. The van der Waals surface area contributed by atoms with Gasteiger partial charge in [-0.1, -0.05) is 87.5 Å². The molecule has 1 nitrogen and oxygen atoms in total. The van der Waals surface area contributed by atoms with Crippen LogP contribution < -0.4 is 15.9 Å². The summed E-state index contributed by atoms with van der Waals surface area (Å²) in [5.41, 5.74) is 2.25. The van der Waals surface area contributed by atoms with Crippen LogP contribution in [0.25, 0.3) is 0 Å². The van der Waals surface area contributed by atoms with Crippen molar-refractivity contribution in [2.24, 2.45) is 0 Å². The van der Waals surface area contributed by atoms with Gasteiger partial charge in [0, 0.05) is 5.30 Å². The summed E-state index contributed by atoms with van der Waals surface area (Å²) in [5, 5.41) is 14.4. The molecule has 2 heteroatoms. The monoisotopic (exact) mass is 348 g/mol. The maximum atomic E-state index is 10.9. The Kier molecular flexibility index (Phi) is 4.97. The second-order valence-corrected chi connectivity index (χ2v) is 9.60. The maximum absolute atomic E-state index is 10.9. The number of rotatable bonds is 3. The predicted molar refractivity (Wildman–Crippen MR) is 110 cm³/mol. The Labute approximate surface area is 152 Å². The van der Waals surface area contributed by atoms with Crippen LogP contribution in [0.3, 0.4) is 0 Å². The molecule has 0 spiro atoms. The second-order valence-electron chi connectivity index (χ2n) is 7.42. The van der Waals surface area contributed by atoms with Crippen molar-refractivity contribution in [3.8, 4) is 5.75 Å². The first kappa shape index (κ1) is 17.7. The first-order valence-corrected chi connectivity index (χ1v) is 9.96. The van der Waals surface area contributed by atoms with E-state index in [1.807, 2.05) is 19.1 Å². The van der Waals surface area contributed by atoms with Crippen molar-refractivity contribution in [3.63, 3.8) is 0 Å². The highest BCUT2D eigenvalue weighted by atomic mass is 31.1. The largest absolute Gasteiger partial charge is 0.507 e. The van der Waals surface area contributed by atoms with E-state index in [9.17, 15) is 5.11 Å². The third-order valence-electron chi connectivity index (χ3n) is 4.42. The van der Waals surface area contributed by atoms with Gasteiger partial charge >= 0.3 is 0 Å². The van der Waals surface area contributed by atoms with Gasteiger partial charge in [-0.3, -0.25) is 0 Å². The van der Waals surface area contributed by atoms with Crippen LogP contribution in [0.2, 0.25) is 0 Å².